The Kier molecular flexibility index (Phi) is 3.97. The number of aromatic amines is 1. The maximum atomic E-state index is 12.0. The van der Waals surface area contributed by atoms with E-state index in [1.54, 1.807) is 24.3 Å². The first-order valence-corrected chi connectivity index (χ1v) is 8.58. The number of hydrogen-bond donors (Lipinski definition) is 2. The van der Waals surface area contributed by atoms with Crippen LogP contribution in [-0.2, 0) is 22.9 Å². The third-order valence-electron chi connectivity index (χ3n) is 3.54. The molecule has 3 aromatic rings. The van der Waals surface area contributed by atoms with Crippen molar-refractivity contribution in [3.63, 3.8) is 0 Å². The van der Waals surface area contributed by atoms with Gasteiger partial charge in [0.15, 0.2) is 0 Å². The van der Waals surface area contributed by atoms with Gasteiger partial charge in [-0.25, -0.2) is 18.5 Å². The molecule has 0 aliphatic heterocycles. The summed E-state index contributed by atoms with van der Waals surface area (Å²) in [6, 6.07) is 13.6. The summed E-state index contributed by atoms with van der Waals surface area (Å²) in [5.74, 6) is 0.565. The first-order chi connectivity index (χ1) is 10.9. The second-order valence-corrected chi connectivity index (χ2v) is 6.78. The summed E-state index contributed by atoms with van der Waals surface area (Å²) < 4.78 is 22.7. The number of primary sulfonamides is 1. The summed E-state index contributed by atoms with van der Waals surface area (Å²) in [5.41, 5.74) is 1.28. The van der Waals surface area contributed by atoms with Crippen LogP contribution in [0.2, 0.25) is 0 Å². The molecule has 0 bridgehead atoms. The van der Waals surface area contributed by atoms with E-state index in [9.17, 15) is 13.2 Å². The maximum absolute atomic E-state index is 12.0. The second kappa shape index (κ2) is 5.94. The summed E-state index contributed by atoms with van der Waals surface area (Å²) in [5, 5.41) is 5.68. The van der Waals surface area contributed by atoms with Crippen molar-refractivity contribution in [3.05, 3.63) is 70.3 Å². The number of para-hydroxylation sites is 1. The molecule has 0 spiro atoms. The topological polar surface area (TPSA) is 106 Å². The van der Waals surface area contributed by atoms with Gasteiger partial charge in [0.1, 0.15) is 5.82 Å². The third-order valence-corrected chi connectivity index (χ3v) is 4.45. The van der Waals surface area contributed by atoms with Gasteiger partial charge in [0, 0.05) is 6.42 Å². The van der Waals surface area contributed by atoms with Gasteiger partial charge in [-0.1, -0.05) is 24.3 Å². The summed E-state index contributed by atoms with van der Waals surface area (Å²) in [6.07, 6.45) is 1.04. The van der Waals surface area contributed by atoms with Crippen molar-refractivity contribution >= 4 is 20.9 Å². The predicted octanol–water partition coefficient (Wildman–Crippen LogP) is 1.36. The Morgan fingerprint density at radius 1 is 1.04 bits per heavy atom. The number of nitrogens with two attached hydrogens (primary N) is 1. The Morgan fingerprint density at radius 2 is 1.83 bits per heavy atom. The van der Waals surface area contributed by atoms with Gasteiger partial charge in [0.05, 0.1) is 15.8 Å². The molecule has 0 unspecified atom stereocenters. The smallest absolute Gasteiger partial charge is 0.258 e. The molecule has 7 heteroatoms. The molecular weight excluding hydrogens is 314 g/mol. The van der Waals surface area contributed by atoms with Gasteiger partial charge in [0.25, 0.3) is 5.56 Å². The van der Waals surface area contributed by atoms with Crippen molar-refractivity contribution in [2.45, 2.75) is 17.7 Å². The van der Waals surface area contributed by atoms with Gasteiger partial charge in [-0.05, 0) is 36.2 Å². The number of aromatic nitrogens is 2. The highest BCUT2D eigenvalue weighted by atomic mass is 32.2. The van der Waals surface area contributed by atoms with Gasteiger partial charge in [-0.15, -0.1) is 0 Å². The van der Waals surface area contributed by atoms with Gasteiger partial charge >= 0.3 is 0 Å². The fourth-order valence-electron chi connectivity index (χ4n) is 2.39. The molecule has 0 atom stereocenters. The van der Waals surface area contributed by atoms with E-state index in [2.05, 4.69) is 9.97 Å². The van der Waals surface area contributed by atoms with E-state index >= 15 is 0 Å². The van der Waals surface area contributed by atoms with Gasteiger partial charge in [-0.3, -0.25) is 4.79 Å². The summed E-state index contributed by atoms with van der Waals surface area (Å²) in [4.78, 5) is 19.3. The first-order valence-electron chi connectivity index (χ1n) is 7.03. The highest BCUT2D eigenvalue weighted by molar-refractivity contribution is 7.89. The Hall–Kier alpha value is -2.51. The van der Waals surface area contributed by atoms with Crippen molar-refractivity contribution in [1.82, 2.24) is 9.97 Å². The molecule has 6 nitrogen and oxygen atoms in total. The molecule has 0 amide bonds. The minimum absolute atomic E-state index is 0.0787. The molecule has 0 fully saturated rings. The van der Waals surface area contributed by atoms with Crippen molar-refractivity contribution in [2.75, 3.05) is 0 Å². The van der Waals surface area contributed by atoms with Crippen LogP contribution in [-0.4, -0.2) is 18.4 Å². The van der Waals surface area contributed by atoms with E-state index < -0.39 is 10.0 Å². The van der Waals surface area contributed by atoms with Crippen molar-refractivity contribution in [3.8, 4) is 0 Å². The van der Waals surface area contributed by atoms with Crippen LogP contribution in [0.4, 0.5) is 0 Å². The molecule has 3 N–H and O–H groups in total. The monoisotopic (exact) mass is 329 g/mol. The van der Waals surface area contributed by atoms with Gasteiger partial charge in [0.2, 0.25) is 10.0 Å². The van der Waals surface area contributed by atoms with Crippen LogP contribution < -0.4 is 10.7 Å². The number of hydrogen-bond acceptors (Lipinski definition) is 4. The van der Waals surface area contributed by atoms with E-state index in [4.69, 9.17) is 5.14 Å². The van der Waals surface area contributed by atoms with Gasteiger partial charge in [-0.2, -0.15) is 0 Å². The standard InChI is InChI=1S/C16H15N3O3S/c17-23(21,22)12-5-3-4-11(10-12)8-9-15-18-14-7-2-1-6-13(14)16(20)19-15/h1-7,10H,8-9H2,(H2,17,21,22)(H,18,19,20). The van der Waals surface area contributed by atoms with Crippen LogP contribution in [0.15, 0.2) is 58.2 Å². The Bertz CT molecular complexity index is 1030. The molecule has 3 rings (SSSR count). The normalized spacial score (nSPS) is 11.7. The fourth-order valence-corrected chi connectivity index (χ4v) is 2.98. The van der Waals surface area contributed by atoms with E-state index in [1.165, 1.54) is 12.1 Å². The molecule has 2 aromatic carbocycles. The average molecular weight is 329 g/mol. The molecule has 0 saturated carbocycles. The molecule has 1 aromatic heterocycles. The lowest BCUT2D eigenvalue weighted by Gasteiger charge is -2.05. The number of rotatable bonds is 4. The number of sulfonamides is 1. The summed E-state index contributed by atoms with van der Waals surface area (Å²) in [6.45, 7) is 0. The molecule has 0 aliphatic carbocycles. The number of H-pyrrole nitrogens is 1. The van der Waals surface area contributed by atoms with Crippen LogP contribution >= 0.6 is 0 Å². The molecule has 118 valence electrons. The van der Waals surface area contributed by atoms with Crippen LogP contribution in [0.25, 0.3) is 10.9 Å². The third kappa shape index (κ3) is 3.46. The maximum Gasteiger partial charge on any atom is 0.258 e. The SMILES string of the molecule is NS(=O)(=O)c1cccc(CCc2nc3ccccc3c(=O)[nH]2)c1. The lowest BCUT2D eigenvalue weighted by Crippen LogP contribution is -2.13. The molecule has 0 saturated heterocycles. The minimum atomic E-state index is -3.72. The second-order valence-electron chi connectivity index (χ2n) is 5.22. The van der Waals surface area contributed by atoms with Gasteiger partial charge < -0.3 is 4.98 Å². The highest BCUT2D eigenvalue weighted by Crippen LogP contribution is 2.12. The summed E-state index contributed by atoms with van der Waals surface area (Å²) in [7, 11) is -3.72. The van der Waals surface area contributed by atoms with E-state index in [0.29, 0.717) is 29.6 Å². The number of nitrogens with one attached hydrogen (secondary N) is 1. The van der Waals surface area contributed by atoms with Crippen molar-refractivity contribution in [1.29, 1.82) is 0 Å². The minimum Gasteiger partial charge on any atom is -0.310 e. The predicted molar refractivity (Wildman–Crippen MR) is 87.6 cm³/mol. The number of benzene rings is 2. The summed E-state index contributed by atoms with van der Waals surface area (Å²) >= 11 is 0. The zero-order valence-electron chi connectivity index (χ0n) is 12.2. The number of aryl methyl sites for hydroxylation is 2. The fraction of sp³-hybridized carbons (Fsp3) is 0.125. The lowest BCUT2D eigenvalue weighted by atomic mass is 10.1. The Morgan fingerprint density at radius 3 is 2.61 bits per heavy atom. The quantitative estimate of drug-likeness (QED) is 0.753. The number of nitrogens with zero attached hydrogens (tertiary/aromatic N) is 1. The molecule has 23 heavy (non-hydrogen) atoms. The largest absolute Gasteiger partial charge is 0.310 e. The average Bonchev–Trinajstić information content (AvgIpc) is 2.52. The highest BCUT2D eigenvalue weighted by Gasteiger charge is 2.09. The van der Waals surface area contributed by atoms with Crippen LogP contribution in [0.1, 0.15) is 11.4 Å². The zero-order chi connectivity index (χ0) is 16.4. The Labute approximate surface area is 133 Å². The van der Waals surface area contributed by atoms with Crippen molar-refractivity contribution < 1.29 is 8.42 Å². The van der Waals surface area contributed by atoms with Crippen LogP contribution in [0.3, 0.4) is 0 Å². The lowest BCUT2D eigenvalue weighted by molar-refractivity contribution is 0.597. The first kappa shape index (κ1) is 15.4. The molecule has 0 aliphatic rings. The molecular formula is C16H15N3O3S. The van der Waals surface area contributed by atoms with E-state index in [1.807, 2.05) is 12.1 Å². The molecule has 0 radical (unpaired) electrons. The van der Waals surface area contributed by atoms with Crippen LogP contribution in [0, 0.1) is 0 Å². The van der Waals surface area contributed by atoms with E-state index in [0.717, 1.165) is 5.56 Å². The Balaban J connectivity index is 1.85. The van der Waals surface area contributed by atoms with Crippen molar-refractivity contribution in [2.24, 2.45) is 5.14 Å². The van der Waals surface area contributed by atoms with Crippen LogP contribution in [0.5, 0.6) is 0 Å². The van der Waals surface area contributed by atoms with E-state index in [-0.39, 0.29) is 10.5 Å². The molecule has 1 heterocycles. The number of fused-ring (bicyclic) bond motifs is 1. The zero-order valence-corrected chi connectivity index (χ0v) is 13.0.